The van der Waals surface area contributed by atoms with Gasteiger partial charge < -0.3 is 9.47 Å². The van der Waals surface area contributed by atoms with Crippen LogP contribution in [0, 0.1) is 6.92 Å². The van der Waals surface area contributed by atoms with E-state index in [2.05, 4.69) is 0 Å². The highest BCUT2D eigenvalue weighted by molar-refractivity contribution is 5.79. The van der Waals surface area contributed by atoms with Gasteiger partial charge in [-0.3, -0.25) is 4.79 Å². The Morgan fingerprint density at radius 2 is 1.84 bits per heavy atom. The highest BCUT2D eigenvalue weighted by Gasteiger charge is 2.09. The Morgan fingerprint density at radius 3 is 2.47 bits per heavy atom. The summed E-state index contributed by atoms with van der Waals surface area (Å²) in [4.78, 5) is 11.0. The van der Waals surface area contributed by atoms with Crippen molar-refractivity contribution in [1.82, 2.24) is 0 Å². The molecule has 0 fully saturated rings. The van der Waals surface area contributed by atoms with E-state index in [9.17, 15) is 4.79 Å². The molecule has 0 N–H and O–H groups in total. The Hall–Kier alpha value is -2.29. The van der Waals surface area contributed by atoms with Gasteiger partial charge in [0, 0.05) is 5.56 Å². The summed E-state index contributed by atoms with van der Waals surface area (Å²) in [5.74, 6) is 1.22. The molecule has 0 saturated carbocycles. The highest BCUT2D eigenvalue weighted by Crippen LogP contribution is 2.30. The fraction of sp³-hybridized carbons (Fsp3) is 0.188. The minimum Gasteiger partial charge on any atom is -0.493 e. The summed E-state index contributed by atoms with van der Waals surface area (Å²) >= 11 is 0. The SMILES string of the molecule is COc1cc(C)c(C=O)cc1OCc1ccccc1. The first kappa shape index (κ1) is 13.1. The second kappa shape index (κ2) is 6.05. The molecule has 0 amide bonds. The third-order valence-corrected chi connectivity index (χ3v) is 2.92. The first-order valence-electron chi connectivity index (χ1n) is 6.05. The molecule has 3 heteroatoms. The van der Waals surface area contributed by atoms with E-state index in [0.29, 0.717) is 23.7 Å². The second-order valence-corrected chi connectivity index (χ2v) is 4.25. The number of aldehydes is 1. The monoisotopic (exact) mass is 256 g/mol. The molecule has 0 spiro atoms. The maximum absolute atomic E-state index is 11.0. The number of benzene rings is 2. The van der Waals surface area contributed by atoms with Crippen molar-refractivity contribution in [2.45, 2.75) is 13.5 Å². The van der Waals surface area contributed by atoms with Crippen LogP contribution < -0.4 is 9.47 Å². The van der Waals surface area contributed by atoms with Gasteiger partial charge in [0.25, 0.3) is 0 Å². The number of rotatable bonds is 5. The number of ether oxygens (including phenoxy) is 2. The molecule has 98 valence electrons. The van der Waals surface area contributed by atoms with E-state index in [0.717, 1.165) is 17.4 Å². The van der Waals surface area contributed by atoms with Crippen LogP contribution in [0.4, 0.5) is 0 Å². The van der Waals surface area contributed by atoms with Crippen molar-refractivity contribution in [1.29, 1.82) is 0 Å². The molecule has 0 aliphatic rings. The second-order valence-electron chi connectivity index (χ2n) is 4.25. The summed E-state index contributed by atoms with van der Waals surface area (Å²) in [6.07, 6.45) is 0.824. The van der Waals surface area contributed by atoms with Crippen molar-refractivity contribution in [2.75, 3.05) is 7.11 Å². The molecule has 3 nitrogen and oxygen atoms in total. The summed E-state index contributed by atoms with van der Waals surface area (Å²) in [5, 5.41) is 0. The smallest absolute Gasteiger partial charge is 0.162 e. The molecule has 0 aliphatic heterocycles. The number of hydrogen-bond donors (Lipinski definition) is 0. The van der Waals surface area contributed by atoms with Crippen LogP contribution in [0.3, 0.4) is 0 Å². The van der Waals surface area contributed by atoms with Gasteiger partial charge in [-0.05, 0) is 30.2 Å². The van der Waals surface area contributed by atoms with Crippen molar-refractivity contribution >= 4 is 6.29 Å². The number of carbonyl (C=O) groups is 1. The summed E-state index contributed by atoms with van der Waals surface area (Å²) in [7, 11) is 1.59. The molecule has 0 atom stereocenters. The average molecular weight is 256 g/mol. The van der Waals surface area contributed by atoms with Gasteiger partial charge in [0.05, 0.1) is 7.11 Å². The molecule has 0 unspecified atom stereocenters. The first-order chi connectivity index (χ1) is 9.24. The van der Waals surface area contributed by atoms with Gasteiger partial charge in [-0.25, -0.2) is 0 Å². The number of hydrogen-bond acceptors (Lipinski definition) is 3. The Labute approximate surface area is 112 Å². The van der Waals surface area contributed by atoms with Gasteiger partial charge in [0.1, 0.15) is 12.9 Å². The largest absolute Gasteiger partial charge is 0.493 e. The molecular formula is C16H16O3. The van der Waals surface area contributed by atoms with E-state index in [1.165, 1.54) is 0 Å². The Kier molecular flexibility index (Phi) is 4.18. The zero-order valence-electron chi connectivity index (χ0n) is 11.1. The lowest BCUT2D eigenvalue weighted by Gasteiger charge is -2.12. The summed E-state index contributed by atoms with van der Waals surface area (Å²) < 4.78 is 11.0. The molecule has 0 aromatic heterocycles. The first-order valence-corrected chi connectivity index (χ1v) is 6.05. The zero-order valence-corrected chi connectivity index (χ0v) is 11.1. The van der Waals surface area contributed by atoms with E-state index in [4.69, 9.17) is 9.47 Å². The maximum atomic E-state index is 11.0. The average Bonchev–Trinajstić information content (AvgIpc) is 2.46. The van der Waals surface area contributed by atoms with Crippen molar-refractivity contribution in [3.05, 3.63) is 59.2 Å². The van der Waals surface area contributed by atoms with Crippen LogP contribution >= 0.6 is 0 Å². The maximum Gasteiger partial charge on any atom is 0.162 e. The van der Waals surface area contributed by atoms with Crippen molar-refractivity contribution in [2.24, 2.45) is 0 Å². The lowest BCUT2D eigenvalue weighted by molar-refractivity contribution is 0.112. The van der Waals surface area contributed by atoms with Gasteiger partial charge in [0.2, 0.25) is 0 Å². The fourth-order valence-corrected chi connectivity index (χ4v) is 1.81. The standard InChI is InChI=1S/C16H16O3/c1-12-8-15(18-2)16(9-14(12)10-17)19-11-13-6-4-3-5-7-13/h3-10H,11H2,1-2H3. The van der Waals surface area contributed by atoms with Crippen LogP contribution in [-0.4, -0.2) is 13.4 Å². The molecule has 0 radical (unpaired) electrons. The fourth-order valence-electron chi connectivity index (χ4n) is 1.81. The van der Waals surface area contributed by atoms with Gasteiger partial charge in [-0.15, -0.1) is 0 Å². The summed E-state index contributed by atoms with van der Waals surface area (Å²) in [5.41, 5.74) is 2.56. The van der Waals surface area contributed by atoms with Crippen LogP contribution in [0.15, 0.2) is 42.5 Å². The van der Waals surface area contributed by atoms with Crippen LogP contribution in [0.5, 0.6) is 11.5 Å². The predicted molar refractivity (Wildman–Crippen MR) is 73.9 cm³/mol. The molecule has 0 heterocycles. The third kappa shape index (κ3) is 3.13. The molecule has 19 heavy (non-hydrogen) atoms. The molecule has 2 aromatic rings. The Bertz CT molecular complexity index is 562. The van der Waals surface area contributed by atoms with E-state index >= 15 is 0 Å². The molecule has 2 aromatic carbocycles. The topological polar surface area (TPSA) is 35.5 Å². The van der Waals surface area contributed by atoms with Gasteiger partial charge >= 0.3 is 0 Å². The normalized spacial score (nSPS) is 10.0. The van der Waals surface area contributed by atoms with E-state index in [1.54, 1.807) is 13.2 Å². The highest BCUT2D eigenvalue weighted by atomic mass is 16.5. The summed E-state index contributed by atoms with van der Waals surface area (Å²) in [6, 6.07) is 13.4. The molecule has 0 bridgehead atoms. The Morgan fingerprint density at radius 1 is 1.11 bits per heavy atom. The van der Waals surface area contributed by atoms with Crippen LogP contribution in [0.25, 0.3) is 0 Å². The van der Waals surface area contributed by atoms with Crippen LogP contribution in [-0.2, 0) is 6.61 Å². The number of carbonyl (C=O) groups excluding carboxylic acids is 1. The third-order valence-electron chi connectivity index (χ3n) is 2.92. The molecule has 2 rings (SSSR count). The van der Waals surface area contributed by atoms with Gasteiger partial charge in [-0.1, -0.05) is 30.3 Å². The minimum absolute atomic E-state index is 0.443. The van der Waals surface area contributed by atoms with Crippen molar-refractivity contribution in [3.63, 3.8) is 0 Å². The molecular weight excluding hydrogens is 240 g/mol. The van der Waals surface area contributed by atoms with Gasteiger partial charge in [0.15, 0.2) is 11.5 Å². The minimum atomic E-state index is 0.443. The molecule has 0 aliphatic carbocycles. The lowest BCUT2D eigenvalue weighted by Crippen LogP contribution is -1.99. The predicted octanol–water partition coefficient (Wildman–Crippen LogP) is 3.40. The zero-order chi connectivity index (χ0) is 13.7. The quantitative estimate of drug-likeness (QED) is 0.769. The van der Waals surface area contributed by atoms with Crippen LogP contribution in [0.1, 0.15) is 21.5 Å². The van der Waals surface area contributed by atoms with Crippen LogP contribution in [0.2, 0.25) is 0 Å². The van der Waals surface area contributed by atoms with E-state index in [1.807, 2.05) is 43.3 Å². The Balaban J connectivity index is 2.21. The molecule has 0 saturated heterocycles. The number of methoxy groups -OCH3 is 1. The van der Waals surface area contributed by atoms with Crippen molar-refractivity contribution < 1.29 is 14.3 Å². The number of aryl methyl sites for hydroxylation is 1. The summed E-state index contributed by atoms with van der Waals surface area (Å²) in [6.45, 7) is 2.31. The van der Waals surface area contributed by atoms with Gasteiger partial charge in [-0.2, -0.15) is 0 Å². The lowest BCUT2D eigenvalue weighted by atomic mass is 10.1. The van der Waals surface area contributed by atoms with Crippen molar-refractivity contribution in [3.8, 4) is 11.5 Å². The van der Waals surface area contributed by atoms with E-state index < -0.39 is 0 Å². The van der Waals surface area contributed by atoms with E-state index in [-0.39, 0.29) is 0 Å².